The van der Waals surface area contributed by atoms with Crippen molar-refractivity contribution in [3.8, 4) is 0 Å². The molecule has 0 unspecified atom stereocenters. The van der Waals surface area contributed by atoms with Crippen molar-refractivity contribution in [3.63, 3.8) is 0 Å². The van der Waals surface area contributed by atoms with E-state index in [4.69, 9.17) is 4.74 Å². The number of pyridine rings is 1. The number of aryl methyl sites for hydroxylation is 1. The number of aromatic nitrogens is 1. The van der Waals surface area contributed by atoms with Gasteiger partial charge in [0.1, 0.15) is 0 Å². The van der Waals surface area contributed by atoms with Crippen LogP contribution in [0.3, 0.4) is 0 Å². The molecule has 7 heteroatoms. The molecule has 0 amide bonds. The number of ether oxygens (including phenoxy) is 1. The fourth-order valence-corrected chi connectivity index (χ4v) is 2.53. The lowest BCUT2D eigenvalue weighted by molar-refractivity contribution is 0.109. The number of halogens is 1. The molecule has 0 saturated heterocycles. The normalized spacial score (nSPS) is 11.4. The van der Waals surface area contributed by atoms with E-state index in [9.17, 15) is 4.79 Å². The van der Waals surface area contributed by atoms with Gasteiger partial charge in [-0.15, -0.1) is 24.0 Å². The zero-order valence-electron chi connectivity index (χ0n) is 17.3. The third-order valence-electron chi connectivity index (χ3n) is 3.88. The van der Waals surface area contributed by atoms with Gasteiger partial charge in [0.15, 0.2) is 5.96 Å². The summed E-state index contributed by atoms with van der Waals surface area (Å²) in [4.78, 5) is 16.4. The lowest BCUT2D eigenvalue weighted by Gasteiger charge is -2.12. The Morgan fingerprint density at radius 2 is 2.00 bits per heavy atom. The molecule has 0 saturated carbocycles. The maximum absolute atomic E-state index is 11.8. The first-order valence-corrected chi connectivity index (χ1v) is 9.81. The standard InChI is InChI=1S/C20H36N4O2.HI/c1-5-21-20(23-13-9-15-26-16-17(2)3)22-12-6-7-14-24-18(4)10-8-11-19(24)25;/h8,10-11,17H,5-7,9,12-16H2,1-4H3,(H2,21,22,23);1H. The third kappa shape index (κ3) is 12.1. The van der Waals surface area contributed by atoms with Crippen LogP contribution in [-0.2, 0) is 11.3 Å². The van der Waals surface area contributed by atoms with Crippen molar-refractivity contribution in [1.82, 2.24) is 15.2 Å². The monoisotopic (exact) mass is 492 g/mol. The van der Waals surface area contributed by atoms with Crippen molar-refractivity contribution in [2.45, 2.75) is 53.5 Å². The fraction of sp³-hybridized carbons (Fsp3) is 0.700. The van der Waals surface area contributed by atoms with Gasteiger partial charge in [0.25, 0.3) is 5.56 Å². The predicted octanol–water partition coefficient (Wildman–Crippen LogP) is 3.17. The van der Waals surface area contributed by atoms with Crippen molar-refractivity contribution in [1.29, 1.82) is 0 Å². The minimum absolute atomic E-state index is 0. The van der Waals surface area contributed by atoms with E-state index in [1.165, 1.54) is 0 Å². The molecule has 6 nitrogen and oxygen atoms in total. The molecule has 0 aliphatic rings. The highest BCUT2D eigenvalue weighted by atomic mass is 127. The summed E-state index contributed by atoms with van der Waals surface area (Å²) < 4.78 is 7.40. The summed E-state index contributed by atoms with van der Waals surface area (Å²) >= 11 is 0. The molecule has 156 valence electrons. The predicted molar refractivity (Wildman–Crippen MR) is 124 cm³/mol. The Labute approximate surface area is 181 Å². The van der Waals surface area contributed by atoms with Crippen molar-refractivity contribution in [2.24, 2.45) is 10.9 Å². The molecule has 0 spiro atoms. The first-order valence-electron chi connectivity index (χ1n) is 9.81. The van der Waals surface area contributed by atoms with E-state index in [1.807, 2.05) is 23.6 Å². The van der Waals surface area contributed by atoms with E-state index >= 15 is 0 Å². The van der Waals surface area contributed by atoms with Crippen LogP contribution in [0.5, 0.6) is 0 Å². The highest BCUT2D eigenvalue weighted by Gasteiger charge is 2.00. The van der Waals surface area contributed by atoms with Crippen molar-refractivity contribution in [2.75, 3.05) is 32.8 Å². The van der Waals surface area contributed by atoms with Crippen LogP contribution in [0.1, 0.15) is 45.7 Å². The second-order valence-corrected chi connectivity index (χ2v) is 6.87. The summed E-state index contributed by atoms with van der Waals surface area (Å²) in [5, 5.41) is 6.62. The molecule has 0 aromatic carbocycles. The van der Waals surface area contributed by atoms with E-state index < -0.39 is 0 Å². The number of guanidine groups is 1. The maximum atomic E-state index is 11.8. The molecular weight excluding hydrogens is 455 g/mol. The lowest BCUT2D eigenvalue weighted by Crippen LogP contribution is -2.38. The van der Waals surface area contributed by atoms with Gasteiger partial charge in [0, 0.05) is 51.2 Å². The summed E-state index contributed by atoms with van der Waals surface area (Å²) in [6.45, 7) is 13.1. The third-order valence-corrected chi connectivity index (χ3v) is 3.88. The summed E-state index contributed by atoms with van der Waals surface area (Å²) in [6.07, 6.45) is 2.88. The Balaban J connectivity index is 0.00000676. The molecule has 0 fully saturated rings. The van der Waals surface area contributed by atoms with Gasteiger partial charge in [-0.3, -0.25) is 9.79 Å². The van der Waals surface area contributed by atoms with E-state index in [1.54, 1.807) is 6.07 Å². The van der Waals surface area contributed by atoms with Crippen molar-refractivity contribution in [3.05, 3.63) is 34.2 Å². The fourth-order valence-electron chi connectivity index (χ4n) is 2.53. The SMILES string of the molecule is CCNC(=NCCCOCC(C)C)NCCCCn1c(C)cccc1=O.I. The number of hydrogen-bond donors (Lipinski definition) is 2. The van der Waals surface area contributed by atoms with E-state index in [2.05, 4.69) is 36.4 Å². The van der Waals surface area contributed by atoms with Crippen LogP contribution in [0, 0.1) is 12.8 Å². The van der Waals surface area contributed by atoms with Crippen LogP contribution >= 0.6 is 24.0 Å². The molecule has 27 heavy (non-hydrogen) atoms. The van der Waals surface area contributed by atoms with Crippen LogP contribution in [0.2, 0.25) is 0 Å². The molecule has 2 N–H and O–H groups in total. The van der Waals surface area contributed by atoms with Crippen molar-refractivity contribution >= 4 is 29.9 Å². The summed E-state index contributed by atoms with van der Waals surface area (Å²) in [5.74, 6) is 1.43. The molecule has 0 radical (unpaired) electrons. The molecule has 0 bridgehead atoms. The summed E-state index contributed by atoms with van der Waals surface area (Å²) in [7, 11) is 0. The van der Waals surface area contributed by atoms with E-state index in [0.717, 1.165) is 70.3 Å². The maximum Gasteiger partial charge on any atom is 0.250 e. The minimum Gasteiger partial charge on any atom is -0.381 e. The number of unbranched alkanes of at least 4 members (excludes halogenated alkanes) is 1. The highest BCUT2D eigenvalue weighted by molar-refractivity contribution is 14.0. The molecule has 1 aromatic heterocycles. The quantitative estimate of drug-likeness (QED) is 0.204. The molecular formula is C20H37IN4O2. The van der Waals surface area contributed by atoms with Crippen LogP contribution in [0.25, 0.3) is 0 Å². The first kappa shape index (κ1) is 25.9. The smallest absolute Gasteiger partial charge is 0.250 e. The van der Waals surface area contributed by atoms with Gasteiger partial charge in [-0.2, -0.15) is 0 Å². The van der Waals surface area contributed by atoms with Crippen molar-refractivity contribution < 1.29 is 4.74 Å². The average Bonchev–Trinajstić information content (AvgIpc) is 2.59. The Hall–Kier alpha value is -1.09. The number of rotatable bonds is 12. The Kier molecular flexibility index (Phi) is 15.3. The second kappa shape index (κ2) is 15.9. The Morgan fingerprint density at radius 1 is 1.22 bits per heavy atom. The van der Waals surface area contributed by atoms with Crippen LogP contribution in [-0.4, -0.2) is 43.4 Å². The minimum atomic E-state index is 0. The topological polar surface area (TPSA) is 67.7 Å². The summed E-state index contributed by atoms with van der Waals surface area (Å²) in [5.41, 5.74) is 1.09. The van der Waals surface area contributed by atoms with Gasteiger partial charge in [0.05, 0.1) is 0 Å². The molecule has 0 aliphatic heterocycles. The zero-order valence-corrected chi connectivity index (χ0v) is 19.6. The van der Waals surface area contributed by atoms with Gasteiger partial charge < -0.3 is 19.9 Å². The number of nitrogens with one attached hydrogen (secondary N) is 2. The van der Waals surface area contributed by atoms with Gasteiger partial charge in [0.2, 0.25) is 0 Å². The van der Waals surface area contributed by atoms with Gasteiger partial charge in [-0.05, 0) is 45.1 Å². The summed E-state index contributed by atoms with van der Waals surface area (Å²) in [6, 6.07) is 5.40. The molecule has 1 aromatic rings. The van der Waals surface area contributed by atoms with Crippen LogP contribution in [0.4, 0.5) is 0 Å². The average molecular weight is 492 g/mol. The second-order valence-electron chi connectivity index (χ2n) is 6.87. The first-order chi connectivity index (χ1) is 12.5. The van der Waals surface area contributed by atoms with Gasteiger partial charge >= 0.3 is 0 Å². The van der Waals surface area contributed by atoms with Crippen LogP contribution in [0.15, 0.2) is 28.0 Å². The molecule has 1 heterocycles. The largest absolute Gasteiger partial charge is 0.381 e. The Morgan fingerprint density at radius 3 is 2.67 bits per heavy atom. The highest BCUT2D eigenvalue weighted by Crippen LogP contribution is 1.98. The zero-order chi connectivity index (χ0) is 19.2. The number of nitrogens with zero attached hydrogens (tertiary/aromatic N) is 2. The van der Waals surface area contributed by atoms with Gasteiger partial charge in [-0.1, -0.05) is 19.9 Å². The number of aliphatic imine (C=N–C) groups is 1. The van der Waals surface area contributed by atoms with E-state index in [0.29, 0.717) is 5.92 Å². The molecule has 0 atom stereocenters. The number of hydrogen-bond acceptors (Lipinski definition) is 3. The Bertz CT molecular complexity index is 588. The lowest BCUT2D eigenvalue weighted by atomic mass is 10.2. The molecule has 1 rings (SSSR count). The van der Waals surface area contributed by atoms with E-state index in [-0.39, 0.29) is 29.5 Å². The molecule has 0 aliphatic carbocycles. The van der Waals surface area contributed by atoms with Gasteiger partial charge in [-0.25, -0.2) is 0 Å². The van der Waals surface area contributed by atoms with Crippen LogP contribution < -0.4 is 16.2 Å².